The fourth-order valence-electron chi connectivity index (χ4n) is 3.72. The molecule has 1 aliphatic rings. The van der Waals surface area contributed by atoms with Crippen LogP contribution in [0.15, 0.2) is 30.7 Å². The highest BCUT2D eigenvalue weighted by Gasteiger charge is 2.33. The summed E-state index contributed by atoms with van der Waals surface area (Å²) in [7, 11) is 3.53. The average Bonchev–Trinajstić information content (AvgIpc) is 3.36. The molecule has 1 amide bonds. The number of primary amides is 1. The Kier molecular flexibility index (Phi) is 7.56. The number of amides is 1. The van der Waals surface area contributed by atoms with Crippen molar-refractivity contribution in [3.05, 3.63) is 36.3 Å². The number of fused-ring (bicyclic) bond motifs is 2. The van der Waals surface area contributed by atoms with Gasteiger partial charge < -0.3 is 21.7 Å². The Hall–Kier alpha value is -3.87. The van der Waals surface area contributed by atoms with Crippen LogP contribution < -0.4 is 16.8 Å². The van der Waals surface area contributed by atoms with Crippen molar-refractivity contribution in [2.75, 3.05) is 38.2 Å². The van der Waals surface area contributed by atoms with E-state index >= 15 is 0 Å². The first-order valence-corrected chi connectivity index (χ1v) is 10.5. The molecule has 4 aromatic rings. The fourth-order valence-corrected chi connectivity index (χ4v) is 3.72. The van der Waals surface area contributed by atoms with Gasteiger partial charge in [-0.25, -0.2) is 22.8 Å². The number of rotatable bonds is 2. The molecule has 182 valence electrons. The van der Waals surface area contributed by atoms with Crippen molar-refractivity contribution < 1.29 is 13.6 Å². The number of alkyl halides is 2. The van der Waals surface area contributed by atoms with Crippen molar-refractivity contribution in [3.63, 3.8) is 0 Å². The zero-order chi connectivity index (χ0) is 24.9. The summed E-state index contributed by atoms with van der Waals surface area (Å²) in [6.45, 7) is 2.74. The number of anilines is 2. The predicted octanol–water partition coefficient (Wildman–Crippen LogP) is 1.82. The first-order valence-electron chi connectivity index (χ1n) is 10.5. The molecule has 11 nitrogen and oxygen atoms in total. The molecule has 34 heavy (non-hydrogen) atoms. The van der Waals surface area contributed by atoms with E-state index in [4.69, 9.17) is 15.5 Å². The zero-order valence-corrected chi connectivity index (χ0v) is 19.2. The van der Waals surface area contributed by atoms with Gasteiger partial charge in [-0.05, 0) is 39.1 Å². The monoisotopic (exact) mass is 474 g/mol. The number of hydrogen-bond acceptors (Lipinski definition) is 8. The number of nitrogens with two attached hydrogens (primary N) is 2. The molecule has 4 aromatic heterocycles. The molecule has 0 aromatic carbocycles. The van der Waals surface area contributed by atoms with E-state index in [1.807, 2.05) is 31.5 Å². The van der Waals surface area contributed by atoms with Crippen LogP contribution in [0, 0.1) is 6.92 Å². The minimum Gasteiger partial charge on any atom is -0.372 e. The van der Waals surface area contributed by atoms with Gasteiger partial charge in [0.15, 0.2) is 11.5 Å². The second kappa shape index (κ2) is 10.4. The van der Waals surface area contributed by atoms with Crippen LogP contribution in [0.1, 0.15) is 18.4 Å². The quantitative estimate of drug-likeness (QED) is 0.373. The highest BCUT2D eigenvalue weighted by atomic mass is 19.3. The van der Waals surface area contributed by atoms with E-state index in [1.54, 1.807) is 34.2 Å². The molecule has 0 radical (unpaired) electrons. The van der Waals surface area contributed by atoms with Crippen molar-refractivity contribution in [2.24, 2.45) is 5.73 Å². The molecule has 1 fully saturated rings. The Morgan fingerprint density at radius 3 is 2.53 bits per heavy atom. The zero-order valence-electron chi connectivity index (χ0n) is 19.2. The molecular weight excluding hydrogens is 446 g/mol. The number of aryl methyl sites for hydroxylation is 1. The van der Waals surface area contributed by atoms with Crippen LogP contribution in [0.3, 0.4) is 0 Å². The number of aromatic nitrogens is 6. The Labute approximate surface area is 194 Å². The third kappa shape index (κ3) is 5.54. The predicted molar refractivity (Wildman–Crippen MR) is 126 cm³/mol. The van der Waals surface area contributed by atoms with E-state index in [0.717, 1.165) is 34.5 Å². The maximum atomic E-state index is 12.4. The number of hydrogen-bond donors (Lipinski definition) is 3. The van der Waals surface area contributed by atoms with Gasteiger partial charge in [0.1, 0.15) is 5.52 Å². The van der Waals surface area contributed by atoms with Crippen molar-refractivity contribution >= 4 is 29.3 Å². The van der Waals surface area contributed by atoms with Crippen LogP contribution in [-0.4, -0.2) is 73.6 Å². The molecule has 0 spiro atoms. The molecular formula is C21H28F2N10O. The van der Waals surface area contributed by atoms with Crippen molar-refractivity contribution in [1.82, 2.24) is 34.1 Å². The normalized spacial score (nSPS) is 15.2. The summed E-state index contributed by atoms with van der Waals surface area (Å²) in [5.41, 5.74) is 14.4. The van der Waals surface area contributed by atoms with Gasteiger partial charge in [0.25, 0.3) is 5.92 Å². The van der Waals surface area contributed by atoms with Crippen molar-refractivity contribution in [3.8, 4) is 11.3 Å². The number of carbonyl (C=O) groups is 1. The molecule has 0 aliphatic carbocycles. The topological polar surface area (TPSA) is 145 Å². The third-order valence-corrected chi connectivity index (χ3v) is 5.17. The van der Waals surface area contributed by atoms with Gasteiger partial charge in [-0.3, -0.25) is 4.79 Å². The molecule has 0 bridgehead atoms. The summed E-state index contributed by atoms with van der Waals surface area (Å²) < 4.78 is 28.3. The third-order valence-electron chi connectivity index (χ3n) is 5.17. The lowest BCUT2D eigenvalue weighted by molar-refractivity contribution is -0.106. The lowest BCUT2D eigenvalue weighted by Gasteiger charge is -2.28. The van der Waals surface area contributed by atoms with Gasteiger partial charge in [-0.15, -0.1) is 5.10 Å². The summed E-state index contributed by atoms with van der Waals surface area (Å²) in [6.07, 6.45) is 6.48. The summed E-state index contributed by atoms with van der Waals surface area (Å²) in [4.78, 5) is 19.2. The lowest BCUT2D eigenvalue weighted by Crippen LogP contribution is -2.39. The Bertz CT molecular complexity index is 1270. The molecule has 0 atom stereocenters. The largest absolute Gasteiger partial charge is 0.372 e. The van der Waals surface area contributed by atoms with Crippen molar-refractivity contribution in [1.29, 1.82) is 0 Å². The second-order valence-electron chi connectivity index (χ2n) is 7.83. The van der Waals surface area contributed by atoms with E-state index in [-0.39, 0.29) is 25.3 Å². The van der Waals surface area contributed by atoms with E-state index in [9.17, 15) is 8.78 Å². The molecule has 5 heterocycles. The van der Waals surface area contributed by atoms with Crippen molar-refractivity contribution in [2.45, 2.75) is 25.7 Å². The standard InChI is InChI=1S/C14H14N8.C6H11F2N.CH3NO/c1-8-7-17-22-6-4-10(18-13(8)22)9-3-5-21-11(9)12(16-2)19-14(15)20-21;1-9-4-2-3-6(7,8)5-9;2-1-3/h3-7H,1-2H3,(H3,15,16,19,20);2-5H2,1H3;1H,(H2,2,3). The Morgan fingerprint density at radius 1 is 1.21 bits per heavy atom. The first kappa shape index (κ1) is 24.8. The van der Waals surface area contributed by atoms with Crippen LogP contribution in [0.5, 0.6) is 0 Å². The maximum absolute atomic E-state index is 12.4. The minimum atomic E-state index is -2.42. The average molecular weight is 475 g/mol. The van der Waals surface area contributed by atoms with Gasteiger partial charge in [0.2, 0.25) is 12.4 Å². The molecule has 13 heteroatoms. The minimum absolute atomic E-state index is 0.0625. The number of nitrogens with zero attached hydrogens (tertiary/aromatic N) is 7. The van der Waals surface area contributed by atoms with E-state index in [2.05, 4.69) is 26.2 Å². The van der Waals surface area contributed by atoms with Crippen LogP contribution in [0.2, 0.25) is 0 Å². The molecule has 5 rings (SSSR count). The number of likely N-dealkylation sites (tertiary alicyclic amines) is 1. The van der Waals surface area contributed by atoms with Gasteiger partial charge in [0.05, 0.1) is 18.4 Å². The number of carbonyl (C=O) groups excluding carboxylic acids is 1. The van der Waals surface area contributed by atoms with E-state index in [1.165, 1.54) is 0 Å². The first-order chi connectivity index (χ1) is 16.2. The smallest absolute Gasteiger partial charge is 0.260 e. The molecule has 0 saturated carbocycles. The van der Waals surface area contributed by atoms with Gasteiger partial charge in [0, 0.05) is 37.0 Å². The lowest BCUT2D eigenvalue weighted by atomic mass is 10.1. The molecule has 5 N–H and O–H groups in total. The molecule has 0 unspecified atom stereocenters. The van der Waals surface area contributed by atoms with Crippen LogP contribution >= 0.6 is 0 Å². The number of nitrogen functional groups attached to an aromatic ring is 1. The van der Waals surface area contributed by atoms with Crippen LogP contribution in [-0.2, 0) is 4.79 Å². The van der Waals surface area contributed by atoms with Gasteiger partial charge in [-0.2, -0.15) is 10.1 Å². The second-order valence-corrected chi connectivity index (χ2v) is 7.83. The fraction of sp³-hybridized carbons (Fsp3) is 0.381. The summed E-state index contributed by atoms with van der Waals surface area (Å²) >= 11 is 0. The van der Waals surface area contributed by atoms with E-state index in [0.29, 0.717) is 12.2 Å². The number of halogens is 2. The number of piperidine rings is 1. The van der Waals surface area contributed by atoms with Crippen LogP contribution in [0.25, 0.3) is 22.4 Å². The summed E-state index contributed by atoms with van der Waals surface area (Å²) in [5.74, 6) is -1.54. The maximum Gasteiger partial charge on any atom is 0.260 e. The summed E-state index contributed by atoms with van der Waals surface area (Å²) in [6, 6.07) is 3.87. The Morgan fingerprint density at radius 2 is 1.91 bits per heavy atom. The van der Waals surface area contributed by atoms with Gasteiger partial charge in [-0.1, -0.05) is 0 Å². The van der Waals surface area contributed by atoms with Gasteiger partial charge >= 0.3 is 0 Å². The highest BCUT2D eigenvalue weighted by molar-refractivity contribution is 5.87. The molecule has 1 saturated heterocycles. The Balaban J connectivity index is 0.000000226. The van der Waals surface area contributed by atoms with E-state index < -0.39 is 5.92 Å². The number of nitrogens with one attached hydrogen (secondary N) is 1. The molecule has 1 aliphatic heterocycles. The van der Waals surface area contributed by atoms with Crippen LogP contribution in [0.4, 0.5) is 20.5 Å². The summed E-state index contributed by atoms with van der Waals surface area (Å²) in [5, 5.41) is 11.5. The SMILES string of the molecule is CN1CCCC(F)(F)C1.CNc1nc(N)nn2ccc(-c3ccn4ncc(C)c4n3)c12.NC=O. The highest BCUT2D eigenvalue weighted by Crippen LogP contribution is 2.29.